The number of anilines is 2. The van der Waals surface area contributed by atoms with Crippen LogP contribution in [0.4, 0.5) is 11.4 Å². The maximum Gasteiger partial charge on any atom is 0.335 e. The molecule has 0 spiro atoms. The Labute approximate surface area is 490 Å². The number of carbonyl (C=O) groups is 4. The average Bonchev–Trinajstić information content (AvgIpc) is 1.66. The second-order valence-electron chi connectivity index (χ2n) is 21.0. The summed E-state index contributed by atoms with van der Waals surface area (Å²) in [7, 11) is -18.0. The van der Waals surface area contributed by atoms with Crippen LogP contribution < -0.4 is 35.2 Å². The Morgan fingerprint density at radius 1 is 0.631 bits per heavy atom. The first-order chi connectivity index (χ1) is 39.2. The van der Waals surface area contributed by atoms with Crippen molar-refractivity contribution in [2.45, 2.75) is 102 Å². The predicted octanol–water partition coefficient (Wildman–Crippen LogP) is 5.17. The fourth-order valence-electron chi connectivity index (χ4n) is 10.2. The Morgan fingerprint density at radius 3 is 1.68 bits per heavy atom. The van der Waals surface area contributed by atoms with Crippen LogP contribution in [0.3, 0.4) is 0 Å². The lowest BCUT2D eigenvalue weighted by Gasteiger charge is -2.33. The highest BCUT2D eigenvalue weighted by Crippen LogP contribution is 2.51. The normalized spacial score (nSPS) is 15.9. The molecule has 8 N–H and O–H groups in total. The summed E-state index contributed by atoms with van der Waals surface area (Å²) < 4.78 is 145. The number of ether oxygens (including phenoxy) is 2. The number of aromatic carboxylic acids is 1. The number of nitrogens with zero attached hydrogens (tertiary/aromatic N) is 2. The number of terminal acetylenes is 2. The average molecular weight is 1250 g/mol. The molecule has 3 amide bonds. The van der Waals surface area contributed by atoms with Crippen molar-refractivity contribution >= 4 is 75.5 Å². The quantitative estimate of drug-likeness (QED) is 0.0227. The van der Waals surface area contributed by atoms with Crippen molar-refractivity contribution in [1.29, 1.82) is 0 Å². The smallest absolute Gasteiger partial charge is 0.335 e. The molecule has 458 valence electrons. The van der Waals surface area contributed by atoms with Crippen LogP contribution in [0.2, 0.25) is 0 Å². The van der Waals surface area contributed by atoms with Gasteiger partial charge in [0.1, 0.15) is 11.5 Å². The molecular weight excluding hydrogens is 1170 g/mol. The summed E-state index contributed by atoms with van der Waals surface area (Å²) in [6.45, 7) is 6.08. The van der Waals surface area contributed by atoms with E-state index >= 15 is 0 Å². The number of hydrogen-bond acceptors (Lipinski definition) is 16. The first-order valence-corrected chi connectivity index (χ1v) is 33.1. The SMILES string of the molecule is C#CCCCCOc1cc(C(=O)O)cc(OCCCCC#C)c1CNC(=O)c1cccc2c1C(C)(C)/C(=C\C=C\C1N(CCCS(=O)(=O)O)c3cc(C(=O)NCCS(=O)(=O)O)cc(C(=O)NCCS(=O)(=O)O)c3C1(C)C)N2CCCS(=O)(=O)O. The number of unbranched alkanes of at least 4 members (excludes halogenated alkanes) is 4. The molecule has 5 rings (SSSR count). The standard InChI is InChI=1S/C56H71N5O19S4/c1-7-9-11-13-27-79-45-35-39(54(65)66)36-46(80-28-14-12-10-8-2)42(45)37-59-52(63)40-19-15-20-43-49(40)55(3,4)47(60(43)25-17-29-81(67,68)69)21-16-22-48-56(5,6)50-41(53(64)58-24-32-84(76,77)78)33-38(51(62)57-23-31-83(73,74)75)34-44(50)61(48)26-18-30-82(70,71)72/h1-2,15-16,19-22,33-36,48H,9-14,17-18,23-32,37H2,3-6H3,(H,57,62)(H,58,64)(H,59,63)(H,65,66)(H,67,68,69)(H,70,71,72)(H,73,74,75)(H,76,77,78)/b22-16+,47-21+. The molecule has 84 heavy (non-hydrogen) atoms. The minimum atomic E-state index is -4.55. The number of benzene rings is 3. The monoisotopic (exact) mass is 1250 g/mol. The fourth-order valence-corrected chi connectivity index (χ4v) is 11.9. The molecule has 0 aromatic heterocycles. The van der Waals surface area contributed by atoms with E-state index in [4.69, 9.17) is 22.3 Å². The number of amides is 3. The summed E-state index contributed by atoms with van der Waals surface area (Å²) in [5.41, 5.74) is -0.0647. The Kier molecular flexibility index (Phi) is 23.2. The zero-order valence-electron chi connectivity index (χ0n) is 46.9. The lowest BCUT2D eigenvalue weighted by molar-refractivity contribution is 0.0694. The Hall–Kier alpha value is -7.02. The molecule has 0 aliphatic carbocycles. The summed E-state index contributed by atoms with van der Waals surface area (Å²) in [5, 5.41) is 17.8. The highest BCUT2D eigenvalue weighted by molar-refractivity contribution is 7.86. The molecule has 2 heterocycles. The third kappa shape index (κ3) is 18.7. The van der Waals surface area contributed by atoms with Crippen molar-refractivity contribution in [2.75, 3.05) is 72.2 Å². The number of hydrogen-bond donors (Lipinski definition) is 8. The second kappa shape index (κ2) is 28.7. The van der Waals surface area contributed by atoms with E-state index in [0.717, 1.165) is 0 Å². The molecule has 0 saturated heterocycles. The van der Waals surface area contributed by atoms with Gasteiger partial charge in [0.05, 0.1) is 59.9 Å². The van der Waals surface area contributed by atoms with E-state index < -0.39 is 117 Å². The third-order valence-electron chi connectivity index (χ3n) is 14.0. The molecule has 3 aromatic rings. The van der Waals surface area contributed by atoms with Gasteiger partial charge in [-0.25, -0.2) is 4.79 Å². The summed E-state index contributed by atoms with van der Waals surface area (Å²) in [5.74, 6) is -1.18. The molecular formula is C56H71N5O19S4. The van der Waals surface area contributed by atoms with Crippen LogP contribution in [0, 0.1) is 24.7 Å². The van der Waals surface area contributed by atoms with E-state index in [0.29, 0.717) is 66.6 Å². The molecule has 0 bridgehead atoms. The minimum absolute atomic E-state index is 0.00816. The summed E-state index contributed by atoms with van der Waals surface area (Å²) >= 11 is 0. The van der Waals surface area contributed by atoms with Gasteiger partial charge >= 0.3 is 5.97 Å². The summed E-state index contributed by atoms with van der Waals surface area (Å²) in [6, 6.07) is 9.42. The molecule has 0 saturated carbocycles. The van der Waals surface area contributed by atoms with Crippen molar-refractivity contribution in [3.63, 3.8) is 0 Å². The molecule has 1 atom stereocenters. The Balaban J connectivity index is 1.61. The molecule has 3 aromatic carbocycles. The lowest BCUT2D eigenvalue weighted by atomic mass is 9.77. The van der Waals surface area contributed by atoms with Gasteiger partial charge in [0.2, 0.25) is 0 Å². The number of rotatable bonds is 32. The van der Waals surface area contributed by atoms with Crippen molar-refractivity contribution in [1.82, 2.24) is 16.0 Å². The van der Waals surface area contributed by atoms with Crippen molar-refractivity contribution in [2.24, 2.45) is 0 Å². The van der Waals surface area contributed by atoms with Gasteiger partial charge in [0.25, 0.3) is 58.2 Å². The van der Waals surface area contributed by atoms with Crippen LogP contribution in [0.25, 0.3) is 0 Å². The molecule has 2 aliphatic heterocycles. The number of allylic oxidation sites excluding steroid dienone is 3. The maximum atomic E-state index is 14.7. The number of nitrogens with one attached hydrogen (secondary N) is 3. The highest BCUT2D eigenvalue weighted by atomic mass is 32.2. The number of carboxylic acid groups (broad SMARTS) is 1. The topological polar surface area (TPSA) is 367 Å². The van der Waals surface area contributed by atoms with E-state index in [1.54, 1.807) is 60.1 Å². The zero-order chi connectivity index (χ0) is 62.4. The van der Waals surface area contributed by atoms with Crippen molar-refractivity contribution < 1.29 is 85.6 Å². The van der Waals surface area contributed by atoms with E-state index in [-0.39, 0.29) is 85.1 Å². The summed E-state index contributed by atoms with van der Waals surface area (Å²) in [6.07, 6.45) is 19.0. The van der Waals surface area contributed by atoms with Gasteiger partial charge in [-0.05, 0) is 86.6 Å². The fraction of sp³-hybridized carbons (Fsp3) is 0.464. The first kappa shape index (κ1) is 67.8. The van der Waals surface area contributed by atoms with Crippen LogP contribution in [0.1, 0.15) is 137 Å². The largest absolute Gasteiger partial charge is 0.493 e. The van der Waals surface area contributed by atoms with E-state index in [2.05, 4.69) is 27.8 Å². The van der Waals surface area contributed by atoms with E-state index in [9.17, 15) is 76.2 Å². The van der Waals surface area contributed by atoms with Crippen molar-refractivity contribution in [3.8, 4) is 36.2 Å². The van der Waals surface area contributed by atoms with Crippen LogP contribution in [0.15, 0.2) is 66.4 Å². The van der Waals surface area contributed by atoms with Crippen LogP contribution in [0.5, 0.6) is 11.5 Å². The van der Waals surface area contributed by atoms with Gasteiger partial charge in [0.15, 0.2) is 0 Å². The van der Waals surface area contributed by atoms with Crippen molar-refractivity contribution in [3.05, 3.63) is 105 Å². The van der Waals surface area contributed by atoms with Gasteiger partial charge in [-0.2, -0.15) is 33.7 Å². The van der Waals surface area contributed by atoms with Gasteiger partial charge < -0.3 is 40.3 Å². The van der Waals surface area contributed by atoms with Gasteiger partial charge in [-0.15, -0.1) is 24.7 Å². The molecule has 0 radical (unpaired) electrons. The third-order valence-corrected chi connectivity index (χ3v) is 17.0. The number of carboxylic acids is 1. The predicted molar refractivity (Wildman–Crippen MR) is 315 cm³/mol. The first-order valence-electron chi connectivity index (χ1n) is 26.6. The van der Waals surface area contributed by atoms with Crippen LogP contribution in [-0.4, -0.2) is 149 Å². The van der Waals surface area contributed by atoms with Gasteiger partial charge in [-0.1, -0.05) is 45.9 Å². The van der Waals surface area contributed by atoms with E-state index in [1.165, 1.54) is 24.3 Å². The number of carbonyl (C=O) groups excluding carboxylic acids is 3. The van der Waals surface area contributed by atoms with Gasteiger partial charge in [0, 0.05) is 89.2 Å². The lowest BCUT2D eigenvalue weighted by Crippen LogP contribution is -2.41. The molecule has 1 unspecified atom stereocenters. The van der Waals surface area contributed by atoms with Gasteiger partial charge in [-0.3, -0.25) is 32.6 Å². The summed E-state index contributed by atoms with van der Waals surface area (Å²) in [4.78, 5) is 58.2. The zero-order valence-corrected chi connectivity index (χ0v) is 50.2. The van der Waals surface area contributed by atoms with Crippen LogP contribution in [-0.2, 0) is 57.8 Å². The second-order valence-corrected chi connectivity index (χ2v) is 27.3. The van der Waals surface area contributed by atoms with E-state index in [1.807, 2.05) is 13.8 Å². The maximum absolute atomic E-state index is 14.7. The highest BCUT2D eigenvalue weighted by Gasteiger charge is 2.47. The Bertz CT molecular complexity index is 3540. The number of fused-ring (bicyclic) bond motifs is 2. The molecule has 28 heteroatoms. The molecule has 24 nitrogen and oxygen atoms in total. The Morgan fingerprint density at radius 2 is 1.15 bits per heavy atom. The molecule has 0 fully saturated rings. The molecule has 2 aliphatic rings. The minimum Gasteiger partial charge on any atom is -0.493 e. The van der Waals surface area contributed by atoms with Crippen LogP contribution >= 0.6 is 0 Å².